The molecule has 0 unspecified atom stereocenters. The summed E-state index contributed by atoms with van der Waals surface area (Å²) < 4.78 is 12.1. The average molecular weight is 351 g/mol. The molecule has 24 heavy (non-hydrogen) atoms. The van der Waals surface area contributed by atoms with E-state index in [1.165, 1.54) is 11.8 Å². The Balaban J connectivity index is 1.86. The van der Waals surface area contributed by atoms with E-state index in [1.807, 2.05) is 6.07 Å². The van der Waals surface area contributed by atoms with E-state index < -0.39 is 0 Å². The monoisotopic (exact) mass is 351 g/mol. The molecule has 0 spiro atoms. The van der Waals surface area contributed by atoms with E-state index in [9.17, 15) is 4.79 Å². The first-order chi connectivity index (χ1) is 11.6. The third-order valence-electron chi connectivity index (χ3n) is 3.48. The average Bonchev–Trinajstić information content (AvgIpc) is 3.02. The van der Waals surface area contributed by atoms with Crippen molar-refractivity contribution in [2.75, 3.05) is 31.9 Å². The molecule has 0 saturated heterocycles. The summed E-state index contributed by atoms with van der Waals surface area (Å²) in [7, 11) is 6.69. The Bertz CT molecular complexity index is 691. The molecule has 9 heteroatoms. The van der Waals surface area contributed by atoms with Gasteiger partial charge in [-0.3, -0.25) is 4.79 Å². The molecular formula is C15H21N5O3S. The summed E-state index contributed by atoms with van der Waals surface area (Å²) in [6, 6.07) is 5.41. The Morgan fingerprint density at radius 1 is 1.29 bits per heavy atom. The van der Waals surface area contributed by atoms with Gasteiger partial charge in [-0.05, 0) is 29.0 Å². The molecule has 0 aliphatic heterocycles. The van der Waals surface area contributed by atoms with Crippen molar-refractivity contribution >= 4 is 23.4 Å². The van der Waals surface area contributed by atoms with E-state index in [2.05, 4.69) is 15.5 Å². The minimum absolute atomic E-state index is 0.0407. The smallest absolute Gasteiger partial charge is 0.226 e. The van der Waals surface area contributed by atoms with Crippen molar-refractivity contribution in [1.82, 2.24) is 20.2 Å². The lowest BCUT2D eigenvalue weighted by molar-refractivity contribution is -0.118. The van der Waals surface area contributed by atoms with Crippen molar-refractivity contribution in [3.8, 4) is 11.5 Å². The lowest BCUT2D eigenvalue weighted by atomic mass is 10.2. The highest BCUT2D eigenvalue weighted by Crippen LogP contribution is 2.31. The molecule has 0 aliphatic carbocycles. The van der Waals surface area contributed by atoms with Crippen molar-refractivity contribution in [3.63, 3.8) is 0 Å². The first-order valence-corrected chi connectivity index (χ1v) is 8.39. The number of ether oxygens (including phenoxy) is 2. The van der Waals surface area contributed by atoms with Crippen LogP contribution < -0.4 is 14.4 Å². The van der Waals surface area contributed by atoms with Crippen LogP contribution in [-0.4, -0.2) is 53.1 Å². The van der Waals surface area contributed by atoms with Gasteiger partial charge in [-0.15, -0.1) is 5.10 Å². The number of anilines is 1. The third-order valence-corrected chi connectivity index (χ3v) is 4.57. The largest absolute Gasteiger partial charge is 0.493 e. The van der Waals surface area contributed by atoms with E-state index in [0.717, 1.165) is 23.0 Å². The van der Waals surface area contributed by atoms with Gasteiger partial charge in [0, 0.05) is 38.0 Å². The van der Waals surface area contributed by atoms with Crippen molar-refractivity contribution in [2.24, 2.45) is 7.05 Å². The number of benzene rings is 1. The van der Waals surface area contributed by atoms with Crippen LogP contribution in [0.5, 0.6) is 11.5 Å². The van der Waals surface area contributed by atoms with Crippen LogP contribution in [0.15, 0.2) is 23.4 Å². The normalized spacial score (nSPS) is 10.5. The maximum absolute atomic E-state index is 12.3. The summed E-state index contributed by atoms with van der Waals surface area (Å²) >= 11 is 1.53. The predicted molar refractivity (Wildman–Crippen MR) is 91.7 cm³/mol. The van der Waals surface area contributed by atoms with E-state index in [0.29, 0.717) is 17.9 Å². The Morgan fingerprint density at radius 2 is 2.04 bits per heavy atom. The second kappa shape index (κ2) is 8.53. The van der Waals surface area contributed by atoms with E-state index in [4.69, 9.17) is 9.47 Å². The summed E-state index contributed by atoms with van der Waals surface area (Å²) in [6.45, 7) is 0. The highest BCUT2D eigenvalue weighted by atomic mass is 32.2. The Kier molecular flexibility index (Phi) is 6.42. The zero-order valence-corrected chi connectivity index (χ0v) is 15.0. The molecule has 0 bridgehead atoms. The van der Waals surface area contributed by atoms with Crippen LogP contribution in [0.1, 0.15) is 12.8 Å². The molecule has 1 heterocycles. The topological polar surface area (TPSA) is 82.4 Å². The number of hydrogen-bond acceptors (Lipinski definition) is 7. The molecule has 8 nitrogen and oxygen atoms in total. The van der Waals surface area contributed by atoms with Crippen molar-refractivity contribution < 1.29 is 14.3 Å². The van der Waals surface area contributed by atoms with Gasteiger partial charge in [-0.1, -0.05) is 11.8 Å². The fraction of sp³-hybridized carbons (Fsp3) is 0.467. The van der Waals surface area contributed by atoms with Gasteiger partial charge in [0.05, 0.1) is 14.2 Å². The van der Waals surface area contributed by atoms with Crippen molar-refractivity contribution in [1.29, 1.82) is 0 Å². The van der Waals surface area contributed by atoms with Gasteiger partial charge >= 0.3 is 0 Å². The molecule has 0 N–H and O–H groups in total. The second-order valence-electron chi connectivity index (χ2n) is 5.03. The molecule has 0 fully saturated rings. The zero-order valence-electron chi connectivity index (χ0n) is 14.2. The van der Waals surface area contributed by atoms with Gasteiger partial charge < -0.3 is 14.4 Å². The Morgan fingerprint density at radius 3 is 2.67 bits per heavy atom. The standard InChI is InChI=1S/C15H21N5O3S/c1-19(11-7-8-12(22-3)13(10-11)23-4)14(21)6-5-9-24-15-16-17-18-20(15)2/h7-8,10H,5-6,9H2,1-4H3. The van der Waals surface area contributed by atoms with Crippen LogP contribution in [-0.2, 0) is 11.8 Å². The van der Waals surface area contributed by atoms with Gasteiger partial charge in [0.1, 0.15) is 0 Å². The van der Waals surface area contributed by atoms with Crippen molar-refractivity contribution in [2.45, 2.75) is 18.0 Å². The fourth-order valence-electron chi connectivity index (χ4n) is 2.08. The minimum atomic E-state index is 0.0407. The van der Waals surface area contributed by atoms with Gasteiger partial charge in [0.2, 0.25) is 11.1 Å². The molecule has 0 saturated carbocycles. The highest BCUT2D eigenvalue weighted by molar-refractivity contribution is 7.99. The Labute approximate surface area is 145 Å². The van der Waals surface area contributed by atoms with Gasteiger partial charge in [-0.25, -0.2) is 4.68 Å². The second-order valence-corrected chi connectivity index (χ2v) is 6.09. The summed E-state index contributed by atoms with van der Waals surface area (Å²) in [5.41, 5.74) is 0.766. The number of rotatable bonds is 8. The van der Waals surface area contributed by atoms with Crippen LogP contribution in [0.2, 0.25) is 0 Å². The van der Waals surface area contributed by atoms with Crippen LogP contribution >= 0.6 is 11.8 Å². The molecule has 2 aromatic rings. The summed E-state index contributed by atoms with van der Waals surface area (Å²) in [4.78, 5) is 13.9. The van der Waals surface area contributed by atoms with Gasteiger partial charge in [0.25, 0.3) is 0 Å². The highest BCUT2D eigenvalue weighted by Gasteiger charge is 2.14. The number of carbonyl (C=O) groups is 1. The lowest BCUT2D eigenvalue weighted by Crippen LogP contribution is -2.26. The first kappa shape index (κ1) is 18.1. The minimum Gasteiger partial charge on any atom is -0.493 e. The number of tetrazole rings is 1. The van der Waals surface area contributed by atoms with Crippen LogP contribution in [0.25, 0.3) is 0 Å². The first-order valence-electron chi connectivity index (χ1n) is 7.40. The summed E-state index contributed by atoms with van der Waals surface area (Å²) in [6.07, 6.45) is 1.19. The number of methoxy groups -OCH3 is 2. The van der Waals surface area contributed by atoms with Crippen molar-refractivity contribution in [3.05, 3.63) is 18.2 Å². The Hall–Kier alpha value is -2.29. The predicted octanol–water partition coefficient (Wildman–Crippen LogP) is 1.76. The molecule has 0 aliphatic rings. The molecule has 2 rings (SSSR count). The number of thioether (sulfide) groups is 1. The van der Waals surface area contributed by atoms with E-state index >= 15 is 0 Å². The molecule has 1 aromatic carbocycles. The van der Waals surface area contributed by atoms with Crippen LogP contribution in [0.4, 0.5) is 5.69 Å². The number of aryl methyl sites for hydroxylation is 1. The number of carbonyl (C=O) groups excluding carboxylic acids is 1. The number of aromatic nitrogens is 4. The van der Waals surface area contributed by atoms with Crippen LogP contribution in [0, 0.1) is 0 Å². The molecular weight excluding hydrogens is 330 g/mol. The zero-order chi connectivity index (χ0) is 17.5. The molecule has 0 atom stereocenters. The molecule has 130 valence electrons. The fourth-order valence-corrected chi connectivity index (χ4v) is 2.86. The third kappa shape index (κ3) is 4.38. The maximum atomic E-state index is 12.3. The van der Waals surface area contributed by atoms with E-state index in [-0.39, 0.29) is 5.91 Å². The van der Waals surface area contributed by atoms with Gasteiger partial charge in [0.15, 0.2) is 11.5 Å². The lowest BCUT2D eigenvalue weighted by Gasteiger charge is -2.19. The summed E-state index contributed by atoms with van der Waals surface area (Å²) in [5, 5.41) is 12.0. The molecule has 1 aromatic heterocycles. The number of amides is 1. The van der Waals surface area contributed by atoms with Gasteiger partial charge in [-0.2, -0.15) is 0 Å². The molecule has 1 amide bonds. The van der Waals surface area contributed by atoms with E-state index in [1.54, 1.807) is 50.0 Å². The summed E-state index contributed by atoms with van der Waals surface area (Å²) in [5.74, 6) is 2.05. The maximum Gasteiger partial charge on any atom is 0.226 e. The number of hydrogen-bond donors (Lipinski definition) is 0. The quantitative estimate of drug-likeness (QED) is 0.529. The SMILES string of the molecule is COc1ccc(N(C)C(=O)CCCSc2nnnn2C)cc1OC. The molecule has 0 radical (unpaired) electrons. The number of nitrogens with zero attached hydrogens (tertiary/aromatic N) is 5. The van der Waals surface area contributed by atoms with Crippen LogP contribution in [0.3, 0.4) is 0 Å².